The highest BCUT2D eigenvalue weighted by Gasteiger charge is 2.26. The Morgan fingerprint density at radius 3 is 2.56 bits per heavy atom. The first-order chi connectivity index (χ1) is 12.1. The lowest BCUT2D eigenvalue weighted by molar-refractivity contribution is -0.383. The van der Waals surface area contributed by atoms with Gasteiger partial charge in [-0.2, -0.15) is 0 Å². The number of hydrogen-bond acceptors (Lipinski definition) is 7. The van der Waals surface area contributed by atoms with E-state index in [2.05, 4.69) is 20.3 Å². The Kier molecular flexibility index (Phi) is 4.71. The van der Waals surface area contributed by atoms with Crippen LogP contribution in [-0.2, 0) is 0 Å². The molecule has 0 radical (unpaired) electrons. The first-order valence-electron chi connectivity index (χ1n) is 7.23. The molecule has 126 valence electrons. The van der Waals surface area contributed by atoms with Crippen molar-refractivity contribution < 1.29 is 4.92 Å². The summed E-state index contributed by atoms with van der Waals surface area (Å²) in [5.41, 5.74) is 0.919. The number of benzene rings is 1. The van der Waals surface area contributed by atoms with Crippen molar-refractivity contribution in [1.29, 1.82) is 0 Å². The summed E-state index contributed by atoms with van der Waals surface area (Å²) in [6.45, 7) is 0. The van der Waals surface area contributed by atoms with E-state index in [4.69, 9.17) is 11.6 Å². The van der Waals surface area contributed by atoms with Gasteiger partial charge in [-0.15, -0.1) is 0 Å². The third-order valence-corrected chi connectivity index (χ3v) is 3.76. The van der Waals surface area contributed by atoms with Crippen molar-refractivity contribution in [2.75, 3.05) is 17.3 Å². The van der Waals surface area contributed by atoms with Crippen molar-refractivity contribution in [1.82, 2.24) is 15.0 Å². The number of nitro groups is 1. The summed E-state index contributed by atoms with van der Waals surface area (Å²) < 4.78 is 0. The molecular weight excluding hydrogens is 344 g/mol. The molecule has 0 aliphatic rings. The zero-order valence-electron chi connectivity index (χ0n) is 13.1. The molecule has 0 aliphatic heterocycles. The molecule has 0 atom stereocenters. The summed E-state index contributed by atoms with van der Waals surface area (Å²) in [5, 5.41) is 14.7. The van der Waals surface area contributed by atoms with Gasteiger partial charge in [-0.3, -0.25) is 10.1 Å². The van der Waals surface area contributed by atoms with Crippen LogP contribution in [0.4, 0.5) is 28.7 Å². The van der Waals surface area contributed by atoms with Gasteiger partial charge in [0.25, 0.3) is 0 Å². The lowest BCUT2D eigenvalue weighted by Gasteiger charge is -2.18. The first kappa shape index (κ1) is 16.6. The van der Waals surface area contributed by atoms with E-state index >= 15 is 0 Å². The van der Waals surface area contributed by atoms with E-state index in [1.54, 1.807) is 24.1 Å². The summed E-state index contributed by atoms with van der Waals surface area (Å²) in [6.07, 6.45) is 2.78. The lowest BCUT2D eigenvalue weighted by atomic mass is 10.3. The summed E-state index contributed by atoms with van der Waals surface area (Å²) in [4.78, 5) is 24.8. The van der Waals surface area contributed by atoms with Crippen molar-refractivity contribution in [3.05, 3.63) is 70.3 Å². The maximum atomic E-state index is 11.7. The Morgan fingerprint density at radius 1 is 1.12 bits per heavy atom. The predicted octanol–water partition coefficient (Wildman–Crippen LogP) is 3.94. The highest BCUT2D eigenvalue weighted by atomic mass is 35.5. The van der Waals surface area contributed by atoms with Crippen LogP contribution in [0.3, 0.4) is 0 Å². The molecule has 0 unspecified atom stereocenters. The molecule has 0 aliphatic carbocycles. The molecule has 0 fully saturated rings. The quantitative estimate of drug-likeness (QED) is 0.420. The number of hydrogen-bond donors (Lipinski definition) is 1. The number of aromatic nitrogens is 3. The highest BCUT2D eigenvalue weighted by Crippen LogP contribution is 2.36. The van der Waals surface area contributed by atoms with Crippen molar-refractivity contribution in [3.63, 3.8) is 0 Å². The molecule has 1 N–H and O–H groups in total. The minimum Gasteiger partial charge on any atom is -0.332 e. The standard InChI is InChI=1S/C16H13ClN6O2/c1-22(11-6-3-2-4-7-11)16-13(23(24)25)15(19-10-20-16)21-12-8-5-9-18-14(12)17/h2-10H,1H3,(H,19,20,21). The maximum Gasteiger partial charge on any atom is 0.354 e. The maximum absolute atomic E-state index is 11.7. The Balaban J connectivity index is 2.06. The second-order valence-corrected chi connectivity index (χ2v) is 5.37. The number of anilines is 4. The van der Waals surface area contributed by atoms with Gasteiger partial charge in [0.05, 0.1) is 10.6 Å². The molecule has 2 aromatic heterocycles. The smallest absolute Gasteiger partial charge is 0.332 e. The molecule has 1 aromatic carbocycles. The fourth-order valence-electron chi connectivity index (χ4n) is 2.26. The number of rotatable bonds is 5. The minimum atomic E-state index is -0.526. The molecule has 0 saturated carbocycles. The third kappa shape index (κ3) is 3.48. The number of pyridine rings is 1. The van der Waals surface area contributed by atoms with Gasteiger partial charge in [-0.1, -0.05) is 29.8 Å². The SMILES string of the molecule is CN(c1ccccc1)c1ncnc(Nc2cccnc2Cl)c1[N+](=O)[O-]. The fourth-order valence-corrected chi connectivity index (χ4v) is 2.42. The Morgan fingerprint density at radius 2 is 1.88 bits per heavy atom. The molecule has 25 heavy (non-hydrogen) atoms. The number of halogens is 1. The van der Waals surface area contributed by atoms with Crippen molar-refractivity contribution in [2.45, 2.75) is 0 Å². The molecule has 9 heteroatoms. The molecule has 3 aromatic rings. The largest absolute Gasteiger partial charge is 0.354 e. The molecule has 0 amide bonds. The van der Waals surface area contributed by atoms with Crippen LogP contribution in [0.15, 0.2) is 55.0 Å². The molecule has 0 bridgehead atoms. The van der Waals surface area contributed by atoms with Gasteiger partial charge < -0.3 is 10.2 Å². The van der Waals surface area contributed by atoms with Gasteiger partial charge in [0, 0.05) is 18.9 Å². The molecular formula is C16H13ClN6O2. The van der Waals surface area contributed by atoms with Crippen LogP contribution in [0.25, 0.3) is 0 Å². The minimum absolute atomic E-state index is 0.0349. The van der Waals surface area contributed by atoms with E-state index in [0.717, 1.165) is 5.69 Å². The monoisotopic (exact) mass is 356 g/mol. The Hall–Kier alpha value is -3.26. The van der Waals surface area contributed by atoms with E-state index in [9.17, 15) is 10.1 Å². The van der Waals surface area contributed by atoms with Crippen molar-refractivity contribution in [2.24, 2.45) is 0 Å². The van der Waals surface area contributed by atoms with E-state index < -0.39 is 4.92 Å². The number of para-hydroxylation sites is 1. The normalized spacial score (nSPS) is 10.3. The average Bonchev–Trinajstić information content (AvgIpc) is 2.63. The second-order valence-electron chi connectivity index (χ2n) is 5.01. The van der Waals surface area contributed by atoms with E-state index in [1.807, 2.05) is 30.3 Å². The molecule has 2 heterocycles. The zero-order valence-corrected chi connectivity index (χ0v) is 13.9. The molecule has 0 saturated heterocycles. The van der Waals surface area contributed by atoms with Crippen LogP contribution in [0.1, 0.15) is 0 Å². The van der Waals surface area contributed by atoms with E-state index in [0.29, 0.717) is 5.69 Å². The van der Waals surface area contributed by atoms with Crippen LogP contribution >= 0.6 is 11.6 Å². The zero-order chi connectivity index (χ0) is 17.8. The second kappa shape index (κ2) is 7.10. The fraction of sp³-hybridized carbons (Fsp3) is 0.0625. The first-order valence-corrected chi connectivity index (χ1v) is 7.61. The van der Waals surface area contributed by atoms with Crippen molar-refractivity contribution >= 4 is 40.3 Å². The Labute approximate surface area is 148 Å². The number of nitrogens with zero attached hydrogens (tertiary/aromatic N) is 5. The van der Waals surface area contributed by atoms with E-state index in [1.165, 1.54) is 12.5 Å². The van der Waals surface area contributed by atoms with Gasteiger partial charge in [0.2, 0.25) is 11.6 Å². The summed E-state index contributed by atoms with van der Waals surface area (Å²) in [7, 11) is 1.70. The molecule has 0 spiro atoms. The van der Waals surface area contributed by atoms with Crippen LogP contribution < -0.4 is 10.2 Å². The number of nitrogens with one attached hydrogen (secondary N) is 1. The third-order valence-electron chi connectivity index (χ3n) is 3.46. The van der Waals surface area contributed by atoms with Gasteiger partial charge >= 0.3 is 5.69 Å². The van der Waals surface area contributed by atoms with Gasteiger partial charge in [-0.05, 0) is 24.3 Å². The van der Waals surface area contributed by atoms with Crippen molar-refractivity contribution in [3.8, 4) is 0 Å². The summed E-state index contributed by atoms with van der Waals surface area (Å²) in [5.74, 6) is 0.196. The van der Waals surface area contributed by atoms with Crippen LogP contribution in [0.5, 0.6) is 0 Å². The van der Waals surface area contributed by atoms with Crippen LogP contribution in [0.2, 0.25) is 5.15 Å². The topological polar surface area (TPSA) is 97.1 Å². The predicted molar refractivity (Wildman–Crippen MR) is 95.7 cm³/mol. The van der Waals surface area contributed by atoms with E-state index in [-0.39, 0.29) is 22.5 Å². The van der Waals surface area contributed by atoms with Gasteiger partial charge in [-0.25, -0.2) is 15.0 Å². The molecule has 3 rings (SSSR count). The highest BCUT2D eigenvalue weighted by molar-refractivity contribution is 6.32. The van der Waals surface area contributed by atoms with Crippen LogP contribution in [-0.4, -0.2) is 26.9 Å². The van der Waals surface area contributed by atoms with Gasteiger partial charge in [0.15, 0.2) is 5.15 Å². The average molecular weight is 357 g/mol. The summed E-state index contributed by atoms with van der Waals surface area (Å²) >= 11 is 6.01. The lowest BCUT2D eigenvalue weighted by Crippen LogP contribution is -2.15. The summed E-state index contributed by atoms with van der Waals surface area (Å²) in [6, 6.07) is 12.5. The van der Waals surface area contributed by atoms with Crippen LogP contribution in [0, 0.1) is 10.1 Å². The van der Waals surface area contributed by atoms with Gasteiger partial charge in [0.1, 0.15) is 6.33 Å². The molecule has 8 nitrogen and oxygen atoms in total. The Bertz CT molecular complexity index is 906.